The second kappa shape index (κ2) is 4.46. The fourth-order valence-electron chi connectivity index (χ4n) is 1.40. The maximum absolute atomic E-state index is 10.2. The molecule has 1 aliphatic rings. The van der Waals surface area contributed by atoms with E-state index in [4.69, 9.17) is 5.11 Å². The van der Waals surface area contributed by atoms with Gasteiger partial charge in [0.25, 0.3) is 0 Å². The Labute approximate surface area is 67.0 Å². The number of aliphatic hydroxyl groups excluding tert-OH is 1. The zero-order valence-electron chi connectivity index (χ0n) is 6.70. The first kappa shape index (κ1) is 8.68. The van der Waals surface area contributed by atoms with E-state index >= 15 is 0 Å². The minimum Gasteiger partial charge on any atom is -0.395 e. The number of carbonyl (C=O) groups excluding carboxylic acids is 1. The van der Waals surface area contributed by atoms with Crippen molar-refractivity contribution in [1.82, 2.24) is 4.90 Å². The van der Waals surface area contributed by atoms with Crippen LogP contribution in [0.1, 0.15) is 19.3 Å². The Kier molecular flexibility index (Phi) is 3.52. The summed E-state index contributed by atoms with van der Waals surface area (Å²) in [6, 6.07) is 0.562. The van der Waals surface area contributed by atoms with Gasteiger partial charge in [-0.15, -0.1) is 0 Å². The highest BCUT2D eigenvalue weighted by molar-refractivity contribution is 5.52. The zero-order chi connectivity index (χ0) is 8.10. The monoisotopic (exact) mass is 157 g/mol. The van der Waals surface area contributed by atoms with Crippen LogP contribution in [-0.4, -0.2) is 42.0 Å². The normalized spacial score (nSPS) is 18.4. The van der Waals surface area contributed by atoms with Crippen LogP contribution in [0.15, 0.2) is 0 Å². The first-order valence-electron chi connectivity index (χ1n) is 4.17. The molecule has 1 saturated carbocycles. The summed E-state index contributed by atoms with van der Waals surface area (Å²) in [4.78, 5) is 12.3. The third kappa shape index (κ3) is 2.27. The summed E-state index contributed by atoms with van der Waals surface area (Å²) in [5.41, 5.74) is 0. The topological polar surface area (TPSA) is 40.5 Å². The minimum atomic E-state index is 0.157. The highest BCUT2D eigenvalue weighted by Crippen LogP contribution is 2.23. The summed E-state index contributed by atoms with van der Waals surface area (Å²) in [7, 11) is 0. The van der Waals surface area contributed by atoms with E-state index in [0.29, 0.717) is 19.1 Å². The maximum Gasteiger partial charge on any atom is 0.133 e. The summed E-state index contributed by atoms with van der Waals surface area (Å²) < 4.78 is 0. The number of aliphatic hydroxyl groups is 1. The molecule has 11 heavy (non-hydrogen) atoms. The van der Waals surface area contributed by atoms with E-state index in [9.17, 15) is 4.79 Å². The average molecular weight is 157 g/mol. The van der Waals surface area contributed by atoms with Crippen molar-refractivity contribution in [1.29, 1.82) is 0 Å². The smallest absolute Gasteiger partial charge is 0.133 e. The predicted molar refractivity (Wildman–Crippen MR) is 42.4 cm³/mol. The molecule has 0 atom stereocenters. The van der Waals surface area contributed by atoms with Crippen molar-refractivity contribution in [2.45, 2.75) is 25.3 Å². The van der Waals surface area contributed by atoms with Crippen molar-refractivity contribution in [3.8, 4) is 0 Å². The Bertz CT molecular complexity index is 123. The second-order valence-corrected chi connectivity index (χ2v) is 2.97. The third-order valence-corrected chi connectivity index (χ3v) is 2.29. The molecule has 0 saturated heterocycles. The molecule has 0 heterocycles. The Hall–Kier alpha value is -0.410. The highest BCUT2D eigenvalue weighted by Gasteiger charge is 2.23. The molecule has 0 aromatic carbocycles. The van der Waals surface area contributed by atoms with E-state index in [-0.39, 0.29) is 6.61 Å². The van der Waals surface area contributed by atoms with Crippen LogP contribution in [0, 0.1) is 0 Å². The number of aldehydes is 1. The molecular weight excluding hydrogens is 142 g/mol. The Morgan fingerprint density at radius 1 is 1.55 bits per heavy atom. The van der Waals surface area contributed by atoms with Gasteiger partial charge in [0.05, 0.1) is 13.2 Å². The molecule has 3 heteroatoms. The van der Waals surface area contributed by atoms with Gasteiger partial charge in [-0.05, 0) is 12.8 Å². The molecule has 0 amide bonds. The highest BCUT2D eigenvalue weighted by atomic mass is 16.3. The molecule has 3 nitrogen and oxygen atoms in total. The largest absolute Gasteiger partial charge is 0.395 e. The van der Waals surface area contributed by atoms with Crippen molar-refractivity contribution < 1.29 is 9.90 Å². The van der Waals surface area contributed by atoms with Gasteiger partial charge >= 0.3 is 0 Å². The standard InChI is InChI=1S/C8H15NO2/c10-6-4-9(5-7-11)8-2-1-3-8/h6,8,11H,1-5,7H2. The van der Waals surface area contributed by atoms with Crippen LogP contribution in [-0.2, 0) is 4.79 Å². The van der Waals surface area contributed by atoms with E-state index in [0.717, 1.165) is 6.29 Å². The third-order valence-electron chi connectivity index (χ3n) is 2.29. The van der Waals surface area contributed by atoms with Crippen molar-refractivity contribution in [3.63, 3.8) is 0 Å². The van der Waals surface area contributed by atoms with Crippen LogP contribution in [0.25, 0.3) is 0 Å². The lowest BCUT2D eigenvalue weighted by molar-refractivity contribution is -0.109. The molecule has 0 bridgehead atoms. The summed E-state index contributed by atoms with van der Waals surface area (Å²) >= 11 is 0. The molecule has 0 aliphatic heterocycles. The van der Waals surface area contributed by atoms with Gasteiger partial charge in [-0.1, -0.05) is 6.42 Å². The van der Waals surface area contributed by atoms with Gasteiger partial charge in [0.1, 0.15) is 6.29 Å². The van der Waals surface area contributed by atoms with Crippen molar-refractivity contribution in [2.24, 2.45) is 0 Å². The average Bonchev–Trinajstić information content (AvgIpc) is 1.85. The molecule has 64 valence electrons. The van der Waals surface area contributed by atoms with Gasteiger partial charge in [-0.25, -0.2) is 0 Å². The van der Waals surface area contributed by atoms with Gasteiger partial charge in [0.2, 0.25) is 0 Å². The molecule has 0 radical (unpaired) electrons. The van der Waals surface area contributed by atoms with Crippen LogP contribution < -0.4 is 0 Å². The summed E-state index contributed by atoms with van der Waals surface area (Å²) in [5, 5.41) is 8.67. The first-order chi connectivity index (χ1) is 5.38. The van der Waals surface area contributed by atoms with Gasteiger partial charge < -0.3 is 9.90 Å². The summed E-state index contributed by atoms with van der Waals surface area (Å²) in [6.07, 6.45) is 4.56. The fourth-order valence-corrected chi connectivity index (χ4v) is 1.40. The first-order valence-corrected chi connectivity index (χ1v) is 4.17. The van der Waals surface area contributed by atoms with E-state index < -0.39 is 0 Å². The molecule has 0 unspecified atom stereocenters. The molecule has 1 N–H and O–H groups in total. The van der Waals surface area contributed by atoms with E-state index in [1.54, 1.807) is 0 Å². The zero-order valence-corrected chi connectivity index (χ0v) is 6.70. The predicted octanol–water partition coefficient (Wildman–Crippen LogP) is 0.0321. The van der Waals surface area contributed by atoms with Crippen LogP contribution >= 0.6 is 0 Å². The Morgan fingerprint density at radius 3 is 2.64 bits per heavy atom. The number of hydrogen-bond acceptors (Lipinski definition) is 3. The lowest BCUT2D eigenvalue weighted by Crippen LogP contribution is -2.42. The molecule has 0 aromatic rings. The molecule has 0 aromatic heterocycles. The lowest BCUT2D eigenvalue weighted by atomic mass is 9.91. The second-order valence-electron chi connectivity index (χ2n) is 2.97. The molecular formula is C8H15NO2. The van der Waals surface area contributed by atoms with Gasteiger partial charge in [-0.3, -0.25) is 4.90 Å². The molecule has 1 aliphatic carbocycles. The van der Waals surface area contributed by atoms with Crippen molar-refractivity contribution >= 4 is 6.29 Å². The van der Waals surface area contributed by atoms with Gasteiger partial charge in [0, 0.05) is 12.6 Å². The van der Waals surface area contributed by atoms with Crippen molar-refractivity contribution in [3.05, 3.63) is 0 Å². The van der Waals surface area contributed by atoms with Crippen LogP contribution in [0.4, 0.5) is 0 Å². The van der Waals surface area contributed by atoms with Gasteiger partial charge in [0.15, 0.2) is 0 Å². The number of hydrogen-bond donors (Lipinski definition) is 1. The minimum absolute atomic E-state index is 0.157. The van der Waals surface area contributed by atoms with Gasteiger partial charge in [-0.2, -0.15) is 0 Å². The van der Waals surface area contributed by atoms with E-state index in [2.05, 4.69) is 4.90 Å². The van der Waals surface area contributed by atoms with Crippen LogP contribution in [0.5, 0.6) is 0 Å². The van der Waals surface area contributed by atoms with E-state index in [1.165, 1.54) is 19.3 Å². The molecule has 1 rings (SSSR count). The number of carbonyl (C=O) groups is 1. The van der Waals surface area contributed by atoms with Crippen LogP contribution in [0.3, 0.4) is 0 Å². The number of rotatable bonds is 5. The Morgan fingerprint density at radius 2 is 2.27 bits per heavy atom. The lowest BCUT2D eigenvalue weighted by Gasteiger charge is -2.35. The van der Waals surface area contributed by atoms with Crippen molar-refractivity contribution in [2.75, 3.05) is 19.7 Å². The quantitative estimate of drug-likeness (QED) is 0.572. The SMILES string of the molecule is O=CCN(CCO)C1CCC1. The van der Waals surface area contributed by atoms with E-state index in [1.807, 2.05) is 0 Å². The number of nitrogens with zero attached hydrogens (tertiary/aromatic N) is 1. The summed E-state index contributed by atoms with van der Waals surface area (Å²) in [6.45, 7) is 1.28. The fraction of sp³-hybridized carbons (Fsp3) is 0.875. The summed E-state index contributed by atoms with van der Waals surface area (Å²) in [5.74, 6) is 0. The van der Waals surface area contributed by atoms with Crippen LogP contribution in [0.2, 0.25) is 0 Å². The Balaban J connectivity index is 2.24. The maximum atomic E-state index is 10.2. The molecule has 0 spiro atoms. The molecule has 1 fully saturated rings.